The van der Waals surface area contributed by atoms with Gasteiger partial charge in [0.2, 0.25) is 5.91 Å². The van der Waals surface area contributed by atoms with E-state index in [0.717, 1.165) is 5.56 Å². The van der Waals surface area contributed by atoms with Crippen LogP contribution in [0, 0.1) is 0 Å². The molecule has 148 valence electrons. The summed E-state index contributed by atoms with van der Waals surface area (Å²) in [6.07, 6.45) is 0.280. The zero-order chi connectivity index (χ0) is 20.9. The van der Waals surface area contributed by atoms with E-state index in [-0.39, 0.29) is 23.0 Å². The zero-order valence-corrected chi connectivity index (χ0v) is 16.6. The predicted molar refractivity (Wildman–Crippen MR) is 107 cm³/mol. The monoisotopic (exact) mass is 382 g/mol. The molecule has 0 aliphatic carbocycles. The number of ether oxygens (including phenoxy) is 1. The first-order valence-corrected chi connectivity index (χ1v) is 9.00. The third-order valence-electron chi connectivity index (χ3n) is 4.45. The van der Waals surface area contributed by atoms with Crippen LogP contribution in [0.25, 0.3) is 0 Å². The second-order valence-corrected chi connectivity index (χ2v) is 7.65. The normalized spacial score (nSPS) is 12.1. The molecule has 0 aliphatic rings. The van der Waals surface area contributed by atoms with Crippen molar-refractivity contribution in [2.24, 2.45) is 5.73 Å². The van der Waals surface area contributed by atoms with Crippen LogP contribution in [0.15, 0.2) is 48.5 Å². The maximum Gasteiger partial charge on any atom is 0.337 e. The van der Waals surface area contributed by atoms with E-state index in [9.17, 15) is 14.4 Å². The molecular formula is C22H26N2O4. The Bertz CT molecular complexity index is 867. The molecule has 0 saturated carbocycles. The molecule has 2 aromatic carbocycles. The van der Waals surface area contributed by atoms with Crippen molar-refractivity contribution in [1.82, 2.24) is 5.32 Å². The van der Waals surface area contributed by atoms with Crippen LogP contribution in [0.2, 0.25) is 0 Å². The molecule has 0 aliphatic heterocycles. The van der Waals surface area contributed by atoms with Crippen LogP contribution >= 0.6 is 0 Å². The van der Waals surface area contributed by atoms with Gasteiger partial charge in [-0.1, -0.05) is 51.1 Å². The molecule has 3 N–H and O–H groups in total. The first-order chi connectivity index (χ1) is 13.1. The predicted octanol–water partition coefficient (Wildman–Crippen LogP) is 2.60. The Balaban J connectivity index is 2.14. The number of amides is 2. The second-order valence-electron chi connectivity index (χ2n) is 7.65. The van der Waals surface area contributed by atoms with Crippen LogP contribution < -0.4 is 11.1 Å². The molecule has 0 radical (unpaired) electrons. The summed E-state index contributed by atoms with van der Waals surface area (Å²) in [6.45, 7) is 6.37. The van der Waals surface area contributed by atoms with Gasteiger partial charge < -0.3 is 15.8 Å². The number of carbonyl (C=O) groups excluding carboxylic acids is 3. The van der Waals surface area contributed by atoms with Crippen LogP contribution in [0.3, 0.4) is 0 Å². The standard InChI is InChI=1S/C22H26N2O4/c1-22(2,3)17-10-8-14(9-11-17)12-18(19(23)25)24-20(26)15-6-5-7-16(13-15)21(27)28-4/h5-11,13,18H,12H2,1-4H3,(H2,23,25)(H,24,26)/t18-/m1/s1. The minimum atomic E-state index is -0.866. The quantitative estimate of drug-likeness (QED) is 0.750. The van der Waals surface area contributed by atoms with Gasteiger partial charge in [0.1, 0.15) is 6.04 Å². The van der Waals surface area contributed by atoms with E-state index in [1.807, 2.05) is 24.3 Å². The number of hydrogen-bond donors (Lipinski definition) is 2. The third-order valence-corrected chi connectivity index (χ3v) is 4.45. The number of nitrogens with one attached hydrogen (secondary N) is 1. The lowest BCUT2D eigenvalue weighted by Gasteiger charge is -2.20. The van der Waals surface area contributed by atoms with Crippen LogP contribution in [0.1, 0.15) is 52.6 Å². The fraction of sp³-hybridized carbons (Fsp3) is 0.318. The molecule has 0 fully saturated rings. The highest BCUT2D eigenvalue weighted by atomic mass is 16.5. The van der Waals surface area contributed by atoms with Crippen molar-refractivity contribution in [2.75, 3.05) is 7.11 Å². The summed E-state index contributed by atoms with van der Waals surface area (Å²) in [5.41, 5.74) is 8.08. The summed E-state index contributed by atoms with van der Waals surface area (Å²) in [5.74, 6) is -1.65. The summed E-state index contributed by atoms with van der Waals surface area (Å²) in [4.78, 5) is 36.0. The molecular weight excluding hydrogens is 356 g/mol. The summed E-state index contributed by atoms with van der Waals surface area (Å²) in [6, 6.07) is 13.1. The first-order valence-electron chi connectivity index (χ1n) is 9.00. The Morgan fingerprint density at radius 1 is 1.04 bits per heavy atom. The van der Waals surface area contributed by atoms with Crippen molar-refractivity contribution in [3.8, 4) is 0 Å². The number of carbonyl (C=O) groups is 3. The molecule has 0 saturated heterocycles. The maximum absolute atomic E-state index is 12.5. The minimum Gasteiger partial charge on any atom is -0.465 e. The number of esters is 1. The highest BCUT2D eigenvalue weighted by molar-refractivity contribution is 5.99. The molecule has 6 heteroatoms. The summed E-state index contributed by atoms with van der Waals surface area (Å²) >= 11 is 0. The summed E-state index contributed by atoms with van der Waals surface area (Å²) in [5, 5.41) is 2.64. The first kappa shape index (κ1) is 21.2. The minimum absolute atomic E-state index is 0.0283. The molecule has 2 aromatic rings. The summed E-state index contributed by atoms with van der Waals surface area (Å²) in [7, 11) is 1.27. The lowest BCUT2D eigenvalue weighted by Crippen LogP contribution is -2.45. The smallest absolute Gasteiger partial charge is 0.337 e. The van der Waals surface area contributed by atoms with Crippen molar-refractivity contribution in [2.45, 2.75) is 38.6 Å². The molecule has 2 rings (SSSR count). The fourth-order valence-electron chi connectivity index (χ4n) is 2.75. The highest BCUT2D eigenvalue weighted by Crippen LogP contribution is 2.22. The van der Waals surface area contributed by atoms with E-state index in [4.69, 9.17) is 5.73 Å². The van der Waals surface area contributed by atoms with E-state index in [2.05, 4.69) is 30.8 Å². The molecule has 2 amide bonds. The van der Waals surface area contributed by atoms with E-state index >= 15 is 0 Å². The van der Waals surface area contributed by atoms with Gasteiger partial charge in [-0.05, 0) is 34.7 Å². The van der Waals surface area contributed by atoms with Crippen molar-refractivity contribution in [3.05, 3.63) is 70.8 Å². The van der Waals surface area contributed by atoms with Gasteiger partial charge in [-0.25, -0.2) is 4.79 Å². The van der Waals surface area contributed by atoms with Crippen molar-refractivity contribution >= 4 is 17.8 Å². The number of hydrogen-bond acceptors (Lipinski definition) is 4. The zero-order valence-electron chi connectivity index (χ0n) is 16.6. The topological polar surface area (TPSA) is 98.5 Å². The van der Waals surface area contributed by atoms with E-state index < -0.39 is 23.8 Å². The molecule has 0 bridgehead atoms. The van der Waals surface area contributed by atoms with Crippen molar-refractivity contribution in [1.29, 1.82) is 0 Å². The van der Waals surface area contributed by atoms with E-state index in [1.54, 1.807) is 18.2 Å². The SMILES string of the molecule is COC(=O)c1cccc(C(=O)N[C@H](Cc2ccc(C(C)(C)C)cc2)C(N)=O)c1. The number of primary amides is 1. The Morgan fingerprint density at radius 3 is 2.18 bits per heavy atom. The molecule has 6 nitrogen and oxygen atoms in total. The van der Waals surface area contributed by atoms with Gasteiger partial charge in [-0.2, -0.15) is 0 Å². The molecule has 1 atom stereocenters. The lowest BCUT2D eigenvalue weighted by molar-refractivity contribution is -0.119. The molecule has 0 heterocycles. The largest absolute Gasteiger partial charge is 0.465 e. The van der Waals surface area contributed by atoms with Gasteiger partial charge >= 0.3 is 5.97 Å². The third kappa shape index (κ3) is 5.42. The van der Waals surface area contributed by atoms with Gasteiger partial charge in [0.15, 0.2) is 0 Å². The highest BCUT2D eigenvalue weighted by Gasteiger charge is 2.21. The number of rotatable bonds is 6. The average molecular weight is 382 g/mol. The maximum atomic E-state index is 12.5. The van der Waals surface area contributed by atoms with E-state index in [1.165, 1.54) is 18.7 Å². The Morgan fingerprint density at radius 2 is 1.64 bits per heavy atom. The molecule has 28 heavy (non-hydrogen) atoms. The lowest BCUT2D eigenvalue weighted by atomic mass is 9.86. The van der Waals surface area contributed by atoms with Gasteiger partial charge in [0.05, 0.1) is 12.7 Å². The van der Waals surface area contributed by atoms with Crippen molar-refractivity contribution < 1.29 is 19.1 Å². The van der Waals surface area contributed by atoms with Gasteiger partial charge in [0.25, 0.3) is 5.91 Å². The molecule has 0 aromatic heterocycles. The Kier molecular flexibility index (Phi) is 6.57. The van der Waals surface area contributed by atoms with E-state index in [0.29, 0.717) is 0 Å². The fourth-order valence-corrected chi connectivity index (χ4v) is 2.75. The van der Waals surface area contributed by atoms with Crippen LogP contribution in [-0.4, -0.2) is 30.9 Å². The van der Waals surface area contributed by atoms with Crippen LogP contribution in [0.5, 0.6) is 0 Å². The second kappa shape index (κ2) is 8.69. The van der Waals surface area contributed by atoms with Crippen LogP contribution in [0.4, 0.5) is 0 Å². The Labute approximate surface area is 165 Å². The summed E-state index contributed by atoms with van der Waals surface area (Å²) < 4.78 is 4.66. The number of benzene rings is 2. The van der Waals surface area contributed by atoms with Crippen LogP contribution in [-0.2, 0) is 21.4 Å². The molecule has 0 spiro atoms. The number of methoxy groups -OCH3 is 1. The average Bonchev–Trinajstić information content (AvgIpc) is 2.66. The van der Waals surface area contributed by atoms with Gasteiger partial charge in [-0.3, -0.25) is 9.59 Å². The molecule has 0 unspecified atom stereocenters. The number of nitrogens with two attached hydrogens (primary N) is 1. The van der Waals surface area contributed by atoms with Crippen molar-refractivity contribution in [3.63, 3.8) is 0 Å². The van der Waals surface area contributed by atoms with Gasteiger partial charge in [0, 0.05) is 12.0 Å². The Hall–Kier alpha value is -3.15. The van der Waals surface area contributed by atoms with Gasteiger partial charge in [-0.15, -0.1) is 0 Å².